The van der Waals surface area contributed by atoms with E-state index in [4.69, 9.17) is 10.5 Å². The lowest BCUT2D eigenvalue weighted by atomic mass is 9.96. The summed E-state index contributed by atoms with van der Waals surface area (Å²) in [6.07, 6.45) is 2.94. The second-order valence-electron chi connectivity index (χ2n) is 5.34. The molecule has 3 nitrogen and oxygen atoms in total. The van der Waals surface area contributed by atoms with Crippen LogP contribution >= 0.6 is 0 Å². The summed E-state index contributed by atoms with van der Waals surface area (Å²) in [6.45, 7) is 1.49. The van der Waals surface area contributed by atoms with Crippen molar-refractivity contribution in [3.8, 4) is 0 Å². The van der Waals surface area contributed by atoms with Gasteiger partial charge < -0.3 is 15.4 Å². The quantitative estimate of drug-likeness (QED) is 0.899. The van der Waals surface area contributed by atoms with Gasteiger partial charge in [0, 0.05) is 20.2 Å². The molecule has 20 heavy (non-hydrogen) atoms. The van der Waals surface area contributed by atoms with Gasteiger partial charge >= 0.3 is 0 Å². The predicted molar refractivity (Wildman–Crippen MR) is 80.2 cm³/mol. The average molecular weight is 278 g/mol. The van der Waals surface area contributed by atoms with Crippen molar-refractivity contribution in [3.05, 3.63) is 41.5 Å². The number of hydrogen-bond acceptors (Lipinski definition) is 3. The molecule has 1 aliphatic heterocycles. The van der Waals surface area contributed by atoms with Crippen molar-refractivity contribution in [2.24, 2.45) is 5.73 Å². The fourth-order valence-electron chi connectivity index (χ4n) is 2.56. The van der Waals surface area contributed by atoms with E-state index in [0.29, 0.717) is 0 Å². The van der Waals surface area contributed by atoms with E-state index in [9.17, 15) is 4.39 Å². The molecule has 0 fully saturated rings. The van der Waals surface area contributed by atoms with Crippen molar-refractivity contribution < 1.29 is 9.13 Å². The molecule has 2 N–H and O–H groups in total. The summed E-state index contributed by atoms with van der Waals surface area (Å²) in [6, 6.07) is 7.50. The Morgan fingerprint density at radius 2 is 2.05 bits per heavy atom. The molecule has 0 spiro atoms. The topological polar surface area (TPSA) is 38.5 Å². The van der Waals surface area contributed by atoms with Crippen molar-refractivity contribution in [1.29, 1.82) is 0 Å². The molecule has 0 saturated carbocycles. The van der Waals surface area contributed by atoms with E-state index in [2.05, 4.69) is 30.2 Å². The first-order valence-corrected chi connectivity index (χ1v) is 6.98. The molecule has 1 aromatic rings. The molecular weight excluding hydrogens is 255 g/mol. The highest BCUT2D eigenvalue weighted by Crippen LogP contribution is 2.25. The zero-order chi connectivity index (χ0) is 14.5. The van der Waals surface area contributed by atoms with Crippen LogP contribution in [0, 0.1) is 0 Å². The van der Waals surface area contributed by atoms with Gasteiger partial charge in [-0.25, -0.2) is 4.39 Å². The van der Waals surface area contributed by atoms with E-state index in [1.165, 1.54) is 11.1 Å². The maximum Gasteiger partial charge on any atom is 0.107 e. The number of hydrogen-bond donors (Lipinski definition) is 1. The maximum absolute atomic E-state index is 12.7. The van der Waals surface area contributed by atoms with Crippen LogP contribution in [0.5, 0.6) is 0 Å². The third-order valence-electron chi connectivity index (χ3n) is 3.84. The minimum absolute atomic E-state index is 0.388. The number of methoxy groups -OCH3 is 1. The molecule has 0 saturated heterocycles. The fourth-order valence-corrected chi connectivity index (χ4v) is 2.56. The number of ether oxygens (including phenoxy) is 1. The molecule has 110 valence electrons. The van der Waals surface area contributed by atoms with Gasteiger partial charge in [-0.2, -0.15) is 0 Å². The highest BCUT2D eigenvalue weighted by molar-refractivity contribution is 5.66. The van der Waals surface area contributed by atoms with E-state index in [-0.39, 0.29) is 6.10 Å². The Bertz CT molecular complexity index is 458. The molecule has 4 heteroatoms. The Morgan fingerprint density at radius 1 is 1.35 bits per heavy atom. The lowest BCUT2D eigenvalue weighted by Crippen LogP contribution is -2.31. The van der Waals surface area contributed by atoms with Crippen LogP contribution < -0.4 is 5.73 Å². The summed E-state index contributed by atoms with van der Waals surface area (Å²) < 4.78 is 18.0. The molecule has 0 bridgehead atoms. The molecule has 2 atom stereocenters. The SMILES string of the molecule is COC(c1ccc(C2=CCN(C)CC2)cc1)C(N)CF. The summed E-state index contributed by atoms with van der Waals surface area (Å²) >= 11 is 0. The first kappa shape index (κ1) is 15.2. The molecule has 0 amide bonds. The summed E-state index contributed by atoms with van der Waals surface area (Å²) in [7, 11) is 3.69. The molecule has 1 aliphatic rings. The highest BCUT2D eigenvalue weighted by Gasteiger charge is 2.19. The number of nitrogens with zero attached hydrogens (tertiary/aromatic N) is 1. The van der Waals surface area contributed by atoms with Crippen LogP contribution in [0.2, 0.25) is 0 Å². The Labute approximate surface area is 120 Å². The van der Waals surface area contributed by atoms with Crippen molar-refractivity contribution >= 4 is 5.57 Å². The van der Waals surface area contributed by atoms with Gasteiger partial charge in [0.15, 0.2) is 0 Å². The summed E-state index contributed by atoms with van der Waals surface area (Å²) in [5, 5.41) is 0. The van der Waals surface area contributed by atoms with Gasteiger partial charge in [0.1, 0.15) is 6.67 Å². The van der Waals surface area contributed by atoms with Crippen molar-refractivity contribution in [2.45, 2.75) is 18.6 Å². The lowest BCUT2D eigenvalue weighted by Gasteiger charge is -2.23. The maximum atomic E-state index is 12.7. The van der Waals surface area contributed by atoms with Crippen LogP contribution in [0.4, 0.5) is 4.39 Å². The van der Waals surface area contributed by atoms with Gasteiger partial charge in [-0.05, 0) is 30.2 Å². The molecule has 2 unspecified atom stereocenters. The Balaban J connectivity index is 2.13. The monoisotopic (exact) mass is 278 g/mol. The van der Waals surface area contributed by atoms with Crippen LogP contribution in [0.1, 0.15) is 23.7 Å². The third-order valence-corrected chi connectivity index (χ3v) is 3.84. The van der Waals surface area contributed by atoms with Crippen LogP contribution in [-0.2, 0) is 4.74 Å². The van der Waals surface area contributed by atoms with Gasteiger partial charge in [-0.1, -0.05) is 30.3 Å². The van der Waals surface area contributed by atoms with E-state index in [0.717, 1.165) is 25.1 Å². The zero-order valence-corrected chi connectivity index (χ0v) is 12.2. The number of nitrogens with two attached hydrogens (primary N) is 1. The van der Waals surface area contributed by atoms with E-state index in [1.807, 2.05) is 12.1 Å². The number of alkyl halides is 1. The number of rotatable bonds is 5. The van der Waals surface area contributed by atoms with Crippen molar-refractivity contribution in [1.82, 2.24) is 4.90 Å². The van der Waals surface area contributed by atoms with Gasteiger partial charge in [0.2, 0.25) is 0 Å². The van der Waals surface area contributed by atoms with Gasteiger partial charge in [-0.3, -0.25) is 0 Å². The highest BCUT2D eigenvalue weighted by atomic mass is 19.1. The van der Waals surface area contributed by atoms with E-state index >= 15 is 0 Å². The molecule has 0 aliphatic carbocycles. The van der Waals surface area contributed by atoms with Crippen LogP contribution in [0.15, 0.2) is 30.3 Å². The second kappa shape index (κ2) is 6.97. The number of halogens is 1. The summed E-state index contributed by atoms with van der Waals surface area (Å²) in [4.78, 5) is 2.29. The molecule has 1 aromatic carbocycles. The van der Waals surface area contributed by atoms with Gasteiger partial charge in [0.05, 0.1) is 12.1 Å². The molecule has 2 rings (SSSR count). The summed E-state index contributed by atoms with van der Waals surface area (Å²) in [5.74, 6) is 0. The lowest BCUT2D eigenvalue weighted by molar-refractivity contribution is 0.0721. The van der Waals surface area contributed by atoms with Gasteiger partial charge in [-0.15, -0.1) is 0 Å². The average Bonchev–Trinajstić information content (AvgIpc) is 2.49. The predicted octanol–water partition coefficient (Wildman–Crippen LogP) is 2.39. The van der Waals surface area contributed by atoms with Crippen LogP contribution in [0.3, 0.4) is 0 Å². The smallest absolute Gasteiger partial charge is 0.107 e. The standard InChI is InChI=1S/C16H23FN2O/c1-19-9-7-13(8-10-19)12-3-5-14(6-4-12)16(20-2)15(18)11-17/h3-7,15-16H,8-11,18H2,1-2H3. The Kier molecular flexibility index (Phi) is 5.29. The van der Waals surface area contributed by atoms with Gasteiger partial charge in [0.25, 0.3) is 0 Å². The molecule has 0 radical (unpaired) electrons. The molecule has 0 aromatic heterocycles. The first-order chi connectivity index (χ1) is 9.65. The fraction of sp³-hybridized carbons (Fsp3) is 0.500. The minimum atomic E-state index is -0.617. The zero-order valence-electron chi connectivity index (χ0n) is 12.2. The van der Waals surface area contributed by atoms with E-state index < -0.39 is 12.7 Å². The second-order valence-corrected chi connectivity index (χ2v) is 5.34. The number of likely N-dealkylation sites (N-methyl/N-ethyl adjacent to an activating group) is 1. The normalized spacial score (nSPS) is 19.5. The van der Waals surface area contributed by atoms with E-state index in [1.54, 1.807) is 7.11 Å². The number of benzene rings is 1. The minimum Gasteiger partial charge on any atom is -0.375 e. The first-order valence-electron chi connectivity index (χ1n) is 6.98. The van der Waals surface area contributed by atoms with Crippen molar-refractivity contribution in [3.63, 3.8) is 0 Å². The third kappa shape index (κ3) is 3.45. The van der Waals surface area contributed by atoms with Crippen LogP contribution in [-0.4, -0.2) is 44.9 Å². The molecule has 1 heterocycles. The molecular formula is C16H23FN2O. The Hall–Kier alpha value is -1.23. The summed E-state index contributed by atoms with van der Waals surface area (Å²) in [5.41, 5.74) is 9.27. The largest absolute Gasteiger partial charge is 0.375 e. The van der Waals surface area contributed by atoms with Crippen LogP contribution in [0.25, 0.3) is 5.57 Å². The van der Waals surface area contributed by atoms with Crippen molar-refractivity contribution in [2.75, 3.05) is 33.9 Å². The Morgan fingerprint density at radius 3 is 2.55 bits per heavy atom.